The van der Waals surface area contributed by atoms with Crippen LogP contribution in [0.3, 0.4) is 0 Å². The molecule has 190 valence electrons. The van der Waals surface area contributed by atoms with Crippen molar-refractivity contribution in [1.82, 2.24) is 10.2 Å². The van der Waals surface area contributed by atoms with Crippen LogP contribution < -0.4 is 10.1 Å². The molecule has 0 unspecified atom stereocenters. The van der Waals surface area contributed by atoms with Crippen molar-refractivity contribution in [3.8, 4) is 5.75 Å². The number of halogens is 2. The number of hydrogen-bond acceptors (Lipinski definition) is 3. The zero-order valence-corrected chi connectivity index (χ0v) is 22.5. The van der Waals surface area contributed by atoms with Crippen molar-refractivity contribution in [1.29, 1.82) is 0 Å². The molecule has 0 aliphatic carbocycles. The fraction of sp³-hybridized carbons (Fsp3) is 0.310. The van der Waals surface area contributed by atoms with Crippen LogP contribution >= 0.6 is 15.9 Å². The Kier molecular flexibility index (Phi) is 10.1. The number of aryl methyl sites for hydroxylation is 2. The molecule has 7 heteroatoms. The van der Waals surface area contributed by atoms with E-state index >= 15 is 0 Å². The first-order chi connectivity index (χ1) is 17.3. The maximum atomic E-state index is 13.6. The van der Waals surface area contributed by atoms with E-state index in [2.05, 4.69) is 21.2 Å². The number of benzene rings is 3. The van der Waals surface area contributed by atoms with Crippen LogP contribution in [0.4, 0.5) is 4.39 Å². The molecule has 0 radical (unpaired) electrons. The van der Waals surface area contributed by atoms with Gasteiger partial charge in [-0.15, -0.1) is 0 Å². The summed E-state index contributed by atoms with van der Waals surface area (Å²) in [5, 5.41) is 2.94. The van der Waals surface area contributed by atoms with Crippen LogP contribution in [0, 0.1) is 19.7 Å². The Labute approximate surface area is 220 Å². The second-order valence-electron chi connectivity index (χ2n) is 8.80. The van der Waals surface area contributed by atoms with Gasteiger partial charge in [-0.1, -0.05) is 65.3 Å². The van der Waals surface area contributed by atoms with Crippen LogP contribution in [0.25, 0.3) is 0 Å². The first-order valence-corrected chi connectivity index (χ1v) is 12.8. The van der Waals surface area contributed by atoms with E-state index in [4.69, 9.17) is 4.74 Å². The summed E-state index contributed by atoms with van der Waals surface area (Å²) in [6, 6.07) is 18.5. The Balaban J connectivity index is 1.90. The summed E-state index contributed by atoms with van der Waals surface area (Å²) in [6.45, 7) is 6.33. The standard InChI is InChI=1S/C29H32BrFN2O3/c1-4-14-32-29(35)26(17-22-8-6-5-7-9-22)33(18-23-10-12-24(31)13-11-23)27(34)19-36-25-15-20(2)28(30)21(3)16-25/h5-13,15-16,26H,4,14,17-19H2,1-3H3,(H,32,35)/t26-/m1/s1. The maximum Gasteiger partial charge on any atom is 0.261 e. The molecule has 1 N–H and O–H groups in total. The molecule has 0 saturated heterocycles. The Bertz CT molecular complexity index is 1150. The minimum Gasteiger partial charge on any atom is -0.484 e. The molecule has 5 nitrogen and oxygen atoms in total. The third-order valence-corrected chi connectivity index (χ3v) is 7.11. The van der Waals surface area contributed by atoms with Gasteiger partial charge in [0.05, 0.1) is 0 Å². The van der Waals surface area contributed by atoms with Crippen LogP contribution in [0.2, 0.25) is 0 Å². The van der Waals surface area contributed by atoms with E-state index in [0.717, 1.165) is 33.1 Å². The molecule has 3 rings (SSSR count). The molecule has 0 aliphatic heterocycles. The topological polar surface area (TPSA) is 58.6 Å². The highest BCUT2D eigenvalue weighted by Crippen LogP contribution is 2.26. The lowest BCUT2D eigenvalue weighted by Crippen LogP contribution is -2.51. The van der Waals surface area contributed by atoms with Crippen molar-refractivity contribution in [2.75, 3.05) is 13.2 Å². The molecular formula is C29H32BrFN2O3. The lowest BCUT2D eigenvalue weighted by Gasteiger charge is -2.31. The van der Waals surface area contributed by atoms with E-state index in [9.17, 15) is 14.0 Å². The third-order valence-electron chi connectivity index (χ3n) is 5.86. The van der Waals surface area contributed by atoms with E-state index in [1.165, 1.54) is 17.0 Å². The summed E-state index contributed by atoms with van der Waals surface area (Å²) in [5.74, 6) is -0.336. The first-order valence-electron chi connectivity index (χ1n) is 12.0. The normalized spacial score (nSPS) is 11.6. The zero-order valence-electron chi connectivity index (χ0n) is 20.9. The molecule has 0 fully saturated rings. The molecule has 1 atom stereocenters. The number of rotatable bonds is 11. The second kappa shape index (κ2) is 13.2. The van der Waals surface area contributed by atoms with Gasteiger partial charge in [0.15, 0.2) is 6.61 Å². The Hall–Kier alpha value is -3.19. The van der Waals surface area contributed by atoms with Crippen LogP contribution in [0.1, 0.15) is 35.6 Å². The van der Waals surface area contributed by atoms with Crippen molar-refractivity contribution in [2.24, 2.45) is 0 Å². The molecule has 36 heavy (non-hydrogen) atoms. The predicted molar refractivity (Wildman–Crippen MR) is 143 cm³/mol. The van der Waals surface area contributed by atoms with Gasteiger partial charge in [0, 0.05) is 24.0 Å². The molecular weight excluding hydrogens is 523 g/mol. The highest BCUT2D eigenvalue weighted by Gasteiger charge is 2.30. The van der Waals surface area contributed by atoms with Crippen molar-refractivity contribution < 1.29 is 18.7 Å². The Morgan fingerprint density at radius 2 is 1.64 bits per heavy atom. The van der Waals surface area contributed by atoms with Gasteiger partial charge in [-0.2, -0.15) is 0 Å². The third kappa shape index (κ3) is 7.65. The molecule has 0 bridgehead atoms. The predicted octanol–water partition coefficient (Wildman–Crippen LogP) is 5.75. The van der Waals surface area contributed by atoms with Crippen molar-refractivity contribution >= 4 is 27.7 Å². The van der Waals surface area contributed by atoms with Gasteiger partial charge in [0.2, 0.25) is 5.91 Å². The highest BCUT2D eigenvalue weighted by molar-refractivity contribution is 9.10. The number of nitrogens with one attached hydrogen (secondary N) is 1. The van der Waals surface area contributed by atoms with Gasteiger partial charge < -0.3 is 15.0 Å². The molecule has 3 aromatic carbocycles. The van der Waals surface area contributed by atoms with Gasteiger partial charge in [-0.3, -0.25) is 9.59 Å². The van der Waals surface area contributed by atoms with Crippen LogP contribution in [-0.2, 0) is 22.6 Å². The van der Waals surface area contributed by atoms with E-state index in [1.807, 2.05) is 63.2 Å². The van der Waals surface area contributed by atoms with Crippen molar-refractivity contribution in [3.63, 3.8) is 0 Å². The van der Waals surface area contributed by atoms with E-state index in [1.54, 1.807) is 12.1 Å². The average Bonchev–Trinajstić information content (AvgIpc) is 2.88. The molecule has 0 spiro atoms. The molecule has 0 heterocycles. The zero-order chi connectivity index (χ0) is 26.1. The monoisotopic (exact) mass is 554 g/mol. The maximum absolute atomic E-state index is 13.6. The summed E-state index contributed by atoms with van der Waals surface area (Å²) >= 11 is 3.54. The number of amides is 2. The lowest BCUT2D eigenvalue weighted by molar-refractivity contribution is -0.142. The lowest BCUT2D eigenvalue weighted by atomic mass is 10.0. The van der Waals surface area contributed by atoms with Crippen molar-refractivity contribution in [3.05, 3.63) is 99.3 Å². The minimum absolute atomic E-state index is 0.151. The minimum atomic E-state index is -0.756. The molecule has 0 saturated carbocycles. The number of hydrogen-bond donors (Lipinski definition) is 1. The number of carbonyl (C=O) groups excluding carboxylic acids is 2. The summed E-state index contributed by atoms with van der Waals surface area (Å²) < 4.78 is 20.4. The number of carbonyl (C=O) groups is 2. The number of ether oxygens (including phenoxy) is 1. The second-order valence-corrected chi connectivity index (χ2v) is 9.60. The molecule has 2 amide bonds. The van der Waals surface area contributed by atoms with Gasteiger partial charge in [-0.25, -0.2) is 4.39 Å². The average molecular weight is 555 g/mol. The van der Waals surface area contributed by atoms with Gasteiger partial charge in [0.25, 0.3) is 5.91 Å². The fourth-order valence-corrected chi connectivity index (χ4v) is 4.15. The van der Waals surface area contributed by atoms with Gasteiger partial charge >= 0.3 is 0 Å². The Morgan fingerprint density at radius 1 is 1.00 bits per heavy atom. The largest absolute Gasteiger partial charge is 0.484 e. The summed E-state index contributed by atoms with van der Waals surface area (Å²) in [5.41, 5.74) is 3.66. The fourth-order valence-electron chi connectivity index (χ4n) is 3.92. The van der Waals surface area contributed by atoms with Crippen molar-refractivity contribution in [2.45, 2.75) is 46.2 Å². The van der Waals surface area contributed by atoms with Gasteiger partial charge in [0.1, 0.15) is 17.6 Å². The summed E-state index contributed by atoms with van der Waals surface area (Å²) in [4.78, 5) is 28.4. The van der Waals surface area contributed by atoms with E-state index < -0.39 is 6.04 Å². The van der Waals surface area contributed by atoms with Gasteiger partial charge in [-0.05, 0) is 66.8 Å². The molecule has 3 aromatic rings. The summed E-state index contributed by atoms with van der Waals surface area (Å²) in [6.07, 6.45) is 1.13. The highest BCUT2D eigenvalue weighted by atomic mass is 79.9. The Morgan fingerprint density at radius 3 is 2.25 bits per heavy atom. The van der Waals surface area contributed by atoms with Crippen LogP contribution in [0.15, 0.2) is 71.2 Å². The number of nitrogens with zero attached hydrogens (tertiary/aromatic N) is 1. The first kappa shape index (κ1) is 27.4. The SMILES string of the molecule is CCCNC(=O)[C@@H](Cc1ccccc1)N(Cc1ccc(F)cc1)C(=O)COc1cc(C)c(Br)c(C)c1. The molecule has 0 aromatic heterocycles. The van der Waals surface area contributed by atoms with E-state index in [-0.39, 0.29) is 30.8 Å². The van der Waals surface area contributed by atoms with Crippen LogP contribution in [-0.4, -0.2) is 35.9 Å². The smallest absolute Gasteiger partial charge is 0.261 e. The van der Waals surface area contributed by atoms with Crippen LogP contribution in [0.5, 0.6) is 5.75 Å². The van der Waals surface area contributed by atoms with E-state index in [0.29, 0.717) is 18.7 Å². The quantitative estimate of drug-likeness (QED) is 0.328. The molecule has 0 aliphatic rings. The summed E-state index contributed by atoms with van der Waals surface area (Å²) in [7, 11) is 0.